The maximum atomic E-state index is 6.66. The number of benzene rings is 4. The third-order valence-electron chi connectivity index (χ3n) is 6.42. The normalized spacial score (nSPS) is 17.5. The molecule has 2 atom stereocenters. The second kappa shape index (κ2) is 9.36. The Bertz CT molecular complexity index is 1310. The highest BCUT2D eigenvalue weighted by Gasteiger charge is 2.35. The number of hydrogen-bond donors (Lipinski definition) is 0. The molecule has 3 nitrogen and oxygen atoms in total. The number of nitrogens with zero attached hydrogens (tertiary/aromatic N) is 2. The number of hydrogen-bond acceptors (Lipinski definition) is 3. The molecule has 0 aromatic heterocycles. The van der Waals surface area contributed by atoms with E-state index < -0.39 is 0 Å². The van der Waals surface area contributed by atoms with Crippen molar-refractivity contribution in [3.05, 3.63) is 119 Å². The molecule has 0 fully saturated rings. The van der Waals surface area contributed by atoms with Crippen LogP contribution in [0.15, 0.2) is 102 Å². The van der Waals surface area contributed by atoms with Crippen LogP contribution in [-0.4, -0.2) is 18.9 Å². The molecule has 0 saturated heterocycles. The fraction of sp³-hybridized carbons (Fsp3) is 0.167. The topological polar surface area (TPSA) is 24.8 Å². The molecule has 2 unspecified atom stereocenters. The fourth-order valence-corrected chi connectivity index (χ4v) is 4.93. The minimum Gasteiger partial charge on any atom is -0.497 e. The van der Waals surface area contributed by atoms with Crippen LogP contribution in [0.4, 0.5) is 5.69 Å². The number of aliphatic imine (C=N–C) groups is 1. The Balaban J connectivity index is 1.52. The molecule has 1 heterocycles. The Kier molecular flexibility index (Phi) is 6.12. The highest BCUT2D eigenvalue weighted by Crippen LogP contribution is 2.39. The van der Waals surface area contributed by atoms with Gasteiger partial charge in [-0.15, -0.1) is 0 Å². The Morgan fingerprint density at radius 1 is 0.824 bits per heavy atom. The van der Waals surface area contributed by atoms with Crippen LogP contribution < -0.4 is 9.64 Å². The number of anilines is 1. The lowest BCUT2D eigenvalue weighted by Crippen LogP contribution is -2.35. The van der Waals surface area contributed by atoms with E-state index >= 15 is 0 Å². The molecule has 4 aromatic carbocycles. The second-order valence-electron chi connectivity index (χ2n) is 8.64. The maximum absolute atomic E-state index is 6.66. The highest BCUT2D eigenvalue weighted by molar-refractivity contribution is 6.34. The Labute approximate surface area is 206 Å². The molecule has 0 aliphatic carbocycles. The van der Waals surface area contributed by atoms with Crippen LogP contribution in [0.25, 0.3) is 11.1 Å². The molecule has 1 aliphatic rings. The number of halogens is 1. The first-order chi connectivity index (χ1) is 16.5. The molecule has 1 aliphatic heterocycles. The lowest BCUT2D eigenvalue weighted by molar-refractivity contribution is 0.415. The summed E-state index contributed by atoms with van der Waals surface area (Å²) >= 11 is 6.66. The minimum absolute atomic E-state index is 0.0669. The van der Waals surface area contributed by atoms with Crippen LogP contribution in [0.1, 0.15) is 29.8 Å². The summed E-state index contributed by atoms with van der Waals surface area (Å²) in [5.74, 6) is 0.858. The van der Waals surface area contributed by atoms with Crippen molar-refractivity contribution in [1.82, 2.24) is 0 Å². The summed E-state index contributed by atoms with van der Waals surface area (Å²) in [4.78, 5) is 7.58. The standard InChI is InChI=1S/C30H27ClN2O/c1-20-9-18-27(28(31)19-20)29-21(2)33(30(32-29)24-7-5-4-6-8-24)25-14-10-22(11-15-25)23-12-16-26(34-3)17-13-23/h4-19,21,30H,1-3H3. The predicted octanol–water partition coefficient (Wildman–Crippen LogP) is 7.72. The zero-order valence-corrected chi connectivity index (χ0v) is 20.3. The van der Waals surface area contributed by atoms with E-state index in [-0.39, 0.29) is 12.2 Å². The van der Waals surface area contributed by atoms with Crippen molar-refractivity contribution in [2.75, 3.05) is 12.0 Å². The minimum atomic E-state index is -0.115. The molecule has 0 N–H and O–H groups in total. The van der Waals surface area contributed by atoms with Gasteiger partial charge in [-0.3, -0.25) is 4.99 Å². The van der Waals surface area contributed by atoms with E-state index in [0.29, 0.717) is 0 Å². The lowest BCUT2D eigenvalue weighted by Gasteiger charge is -2.30. The van der Waals surface area contributed by atoms with Gasteiger partial charge in [0.15, 0.2) is 0 Å². The third-order valence-corrected chi connectivity index (χ3v) is 6.74. The van der Waals surface area contributed by atoms with Gasteiger partial charge in [0, 0.05) is 16.3 Å². The van der Waals surface area contributed by atoms with Crippen molar-refractivity contribution in [3.63, 3.8) is 0 Å². The van der Waals surface area contributed by atoms with Gasteiger partial charge in [-0.05, 0) is 66.4 Å². The number of methoxy groups -OCH3 is 1. The molecule has 5 rings (SSSR count). The molecular formula is C30H27ClN2O. The first-order valence-corrected chi connectivity index (χ1v) is 11.8. The van der Waals surface area contributed by atoms with Crippen molar-refractivity contribution in [2.24, 2.45) is 4.99 Å². The summed E-state index contributed by atoms with van der Waals surface area (Å²) in [6.45, 7) is 4.26. The summed E-state index contributed by atoms with van der Waals surface area (Å²) in [7, 11) is 1.68. The van der Waals surface area contributed by atoms with Crippen molar-refractivity contribution in [2.45, 2.75) is 26.1 Å². The van der Waals surface area contributed by atoms with Gasteiger partial charge < -0.3 is 9.64 Å². The molecule has 170 valence electrons. The number of aryl methyl sites for hydroxylation is 1. The molecule has 4 heteroatoms. The van der Waals surface area contributed by atoms with Gasteiger partial charge >= 0.3 is 0 Å². The van der Waals surface area contributed by atoms with E-state index in [1.807, 2.05) is 24.3 Å². The van der Waals surface area contributed by atoms with E-state index in [1.165, 1.54) is 0 Å². The van der Waals surface area contributed by atoms with Crippen molar-refractivity contribution in [1.29, 1.82) is 0 Å². The SMILES string of the molecule is COc1ccc(-c2ccc(N3C(C)C(c4ccc(C)cc4Cl)=NC3c3ccccc3)cc2)cc1. The maximum Gasteiger partial charge on any atom is 0.148 e. The predicted molar refractivity (Wildman–Crippen MR) is 142 cm³/mol. The van der Waals surface area contributed by atoms with E-state index in [9.17, 15) is 0 Å². The molecule has 0 saturated carbocycles. The summed E-state index contributed by atoms with van der Waals surface area (Å²) in [6, 6.07) is 33.6. The van der Waals surface area contributed by atoms with Crippen molar-refractivity contribution in [3.8, 4) is 16.9 Å². The highest BCUT2D eigenvalue weighted by atomic mass is 35.5. The molecule has 0 bridgehead atoms. The van der Waals surface area contributed by atoms with Gasteiger partial charge in [0.2, 0.25) is 0 Å². The molecule has 4 aromatic rings. The van der Waals surface area contributed by atoms with Gasteiger partial charge in [0.05, 0.1) is 18.9 Å². The monoisotopic (exact) mass is 466 g/mol. The van der Waals surface area contributed by atoms with Gasteiger partial charge in [0.25, 0.3) is 0 Å². The largest absolute Gasteiger partial charge is 0.497 e. The Morgan fingerprint density at radius 3 is 2.09 bits per heavy atom. The lowest BCUT2D eigenvalue weighted by atomic mass is 10.0. The first-order valence-electron chi connectivity index (χ1n) is 11.5. The summed E-state index contributed by atoms with van der Waals surface area (Å²) < 4.78 is 5.29. The second-order valence-corrected chi connectivity index (χ2v) is 9.05. The fourth-order valence-electron chi connectivity index (χ4n) is 4.60. The molecule has 0 amide bonds. The third kappa shape index (κ3) is 4.20. The van der Waals surface area contributed by atoms with Gasteiger partial charge in [0.1, 0.15) is 11.9 Å². The Hall–Kier alpha value is -3.56. The van der Waals surface area contributed by atoms with Crippen LogP contribution in [0, 0.1) is 6.92 Å². The molecular weight excluding hydrogens is 440 g/mol. The van der Waals surface area contributed by atoms with Crippen molar-refractivity contribution < 1.29 is 4.74 Å². The van der Waals surface area contributed by atoms with E-state index in [2.05, 4.69) is 91.5 Å². The average Bonchev–Trinajstić information content (AvgIpc) is 3.21. The first kappa shape index (κ1) is 22.2. The molecule has 0 spiro atoms. The molecule has 0 radical (unpaired) electrons. The zero-order valence-electron chi connectivity index (χ0n) is 19.6. The summed E-state index contributed by atoms with van der Waals surface area (Å²) in [5, 5.41) is 0.745. The molecule has 34 heavy (non-hydrogen) atoms. The zero-order chi connectivity index (χ0) is 23.7. The summed E-state index contributed by atoms with van der Waals surface area (Å²) in [5.41, 5.74) is 7.76. The van der Waals surface area contributed by atoms with E-state index in [4.69, 9.17) is 21.3 Å². The average molecular weight is 467 g/mol. The van der Waals surface area contributed by atoms with Gasteiger partial charge in [-0.1, -0.05) is 78.3 Å². The van der Waals surface area contributed by atoms with E-state index in [0.717, 1.165) is 50.0 Å². The summed E-state index contributed by atoms with van der Waals surface area (Å²) in [6.07, 6.45) is -0.115. The van der Waals surface area contributed by atoms with Crippen LogP contribution in [0.5, 0.6) is 5.75 Å². The number of ether oxygens (including phenoxy) is 1. The van der Waals surface area contributed by atoms with Gasteiger partial charge in [-0.2, -0.15) is 0 Å². The van der Waals surface area contributed by atoms with Crippen LogP contribution in [-0.2, 0) is 0 Å². The van der Waals surface area contributed by atoms with Gasteiger partial charge in [-0.25, -0.2) is 0 Å². The van der Waals surface area contributed by atoms with Crippen LogP contribution in [0.2, 0.25) is 5.02 Å². The number of rotatable bonds is 5. The van der Waals surface area contributed by atoms with Crippen molar-refractivity contribution >= 4 is 23.0 Å². The Morgan fingerprint density at radius 2 is 1.47 bits per heavy atom. The van der Waals surface area contributed by atoms with Crippen LogP contribution in [0.3, 0.4) is 0 Å². The van der Waals surface area contributed by atoms with Crippen LogP contribution >= 0.6 is 11.6 Å². The quantitative estimate of drug-likeness (QED) is 0.300. The van der Waals surface area contributed by atoms with E-state index in [1.54, 1.807) is 7.11 Å². The smallest absolute Gasteiger partial charge is 0.148 e.